The molecule has 0 saturated heterocycles. The lowest BCUT2D eigenvalue weighted by Gasteiger charge is -2.01. The van der Waals surface area contributed by atoms with Crippen LogP contribution in [-0.2, 0) is 11.4 Å². The van der Waals surface area contributed by atoms with Crippen LogP contribution in [0.25, 0.3) is 6.08 Å². The lowest BCUT2D eigenvalue weighted by atomic mass is 10.1. The van der Waals surface area contributed by atoms with Crippen LogP contribution in [0.3, 0.4) is 0 Å². The predicted molar refractivity (Wildman–Crippen MR) is 69.5 cm³/mol. The second-order valence-corrected chi connectivity index (χ2v) is 4.82. The van der Waals surface area contributed by atoms with Crippen LogP contribution in [0.1, 0.15) is 18.1 Å². The van der Waals surface area contributed by atoms with Gasteiger partial charge >= 0.3 is 0 Å². The van der Waals surface area contributed by atoms with Crippen molar-refractivity contribution in [1.82, 2.24) is 0 Å². The summed E-state index contributed by atoms with van der Waals surface area (Å²) >= 11 is 7.13. The fraction of sp³-hybridized carbons (Fsp3) is 0.250. The van der Waals surface area contributed by atoms with Crippen molar-refractivity contribution in [3.05, 3.63) is 40.4 Å². The average Bonchev–Trinajstić information content (AvgIpc) is 2.26. The van der Waals surface area contributed by atoms with E-state index in [0.717, 1.165) is 5.56 Å². The topological polar surface area (TPSA) is 37.3 Å². The molecule has 0 heterocycles. The van der Waals surface area contributed by atoms with E-state index < -0.39 is 0 Å². The van der Waals surface area contributed by atoms with Crippen LogP contribution < -0.4 is 0 Å². The average molecular weight is 257 g/mol. The Morgan fingerprint density at radius 3 is 2.94 bits per heavy atom. The molecule has 0 spiro atoms. The zero-order valence-electron chi connectivity index (χ0n) is 8.94. The van der Waals surface area contributed by atoms with E-state index in [9.17, 15) is 4.79 Å². The largest absolute Gasteiger partial charge is 0.392 e. The number of benzene rings is 1. The first-order chi connectivity index (χ1) is 7.63. The quantitative estimate of drug-likeness (QED) is 0.899. The van der Waals surface area contributed by atoms with Gasteiger partial charge in [0.25, 0.3) is 0 Å². The second kappa shape index (κ2) is 6.74. The zero-order valence-corrected chi connectivity index (χ0v) is 10.5. The molecule has 0 atom stereocenters. The molecule has 0 aromatic heterocycles. The summed E-state index contributed by atoms with van der Waals surface area (Å²) in [5, 5.41) is 9.71. The molecular weight excluding hydrogens is 244 g/mol. The molecule has 0 bridgehead atoms. The van der Waals surface area contributed by atoms with Gasteiger partial charge in [-0.1, -0.05) is 41.6 Å². The van der Waals surface area contributed by atoms with Gasteiger partial charge in [-0.25, -0.2) is 0 Å². The van der Waals surface area contributed by atoms with Gasteiger partial charge < -0.3 is 5.11 Å². The Morgan fingerprint density at radius 2 is 2.31 bits per heavy atom. The summed E-state index contributed by atoms with van der Waals surface area (Å²) in [6.45, 7) is 1.48. The maximum absolute atomic E-state index is 10.7. The summed E-state index contributed by atoms with van der Waals surface area (Å²) in [6.07, 6.45) is 3.82. The molecule has 0 aliphatic carbocycles. The highest BCUT2D eigenvalue weighted by molar-refractivity contribution is 8.13. The molecule has 0 fully saturated rings. The zero-order chi connectivity index (χ0) is 12.0. The molecule has 1 aromatic rings. The van der Waals surface area contributed by atoms with Crippen molar-refractivity contribution in [3.63, 3.8) is 0 Å². The normalized spacial score (nSPS) is 10.9. The highest BCUT2D eigenvalue weighted by Crippen LogP contribution is 2.18. The highest BCUT2D eigenvalue weighted by Gasteiger charge is 1.98. The summed E-state index contributed by atoms with van der Waals surface area (Å²) in [6, 6.07) is 5.46. The third-order valence-corrected chi connectivity index (χ3v) is 3.07. The first-order valence-corrected chi connectivity index (χ1v) is 6.19. The van der Waals surface area contributed by atoms with Gasteiger partial charge in [-0.05, 0) is 23.3 Å². The minimum Gasteiger partial charge on any atom is -0.392 e. The number of aliphatic hydroxyl groups is 1. The standard InChI is InChI=1S/C12H13ClO2S/c1-9(15)16-6-2-3-10-4-5-12(13)11(7-10)8-14/h2-5,7,14H,6,8H2,1H3. The molecular formula is C12H13ClO2S. The number of carbonyl (C=O) groups excluding carboxylic acids is 1. The SMILES string of the molecule is CC(=O)SCC=Cc1ccc(Cl)c(CO)c1. The predicted octanol–water partition coefficient (Wildman–Crippen LogP) is 3.13. The van der Waals surface area contributed by atoms with Crippen molar-refractivity contribution in [1.29, 1.82) is 0 Å². The van der Waals surface area contributed by atoms with Crippen molar-refractivity contribution in [2.45, 2.75) is 13.5 Å². The lowest BCUT2D eigenvalue weighted by molar-refractivity contribution is -0.109. The van der Waals surface area contributed by atoms with Crippen molar-refractivity contribution >= 4 is 34.6 Å². The molecule has 0 amide bonds. The Morgan fingerprint density at radius 1 is 1.56 bits per heavy atom. The van der Waals surface area contributed by atoms with Crippen LogP contribution in [0.4, 0.5) is 0 Å². The summed E-state index contributed by atoms with van der Waals surface area (Å²) < 4.78 is 0. The van der Waals surface area contributed by atoms with E-state index >= 15 is 0 Å². The van der Waals surface area contributed by atoms with Crippen LogP contribution in [0.15, 0.2) is 24.3 Å². The number of hydrogen-bond acceptors (Lipinski definition) is 3. The Hall–Kier alpha value is -0.770. The van der Waals surface area contributed by atoms with E-state index in [0.29, 0.717) is 16.3 Å². The van der Waals surface area contributed by atoms with E-state index in [-0.39, 0.29) is 11.7 Å². The Labute approximate surface area is 104 Å². The monoisotopic (exact) mass is 256 g/mol. The van der Waals surface area contributed by atoms with Crippen LogP contribution in [0, 0.1) is 0 Å². The van der Waals surface area contributed by atoms with Crippen molar-refractivity contribution < 1.29 is 9.90 Å². The maximum Gasteiger partial charge on any atom is 0.186 e. The minimum absolute atomic E-state index is 0.0668. The maximum atomic E-state index is 10.7. The number of aliphatic hydroxyl groups excluding tert-OH is 1. The Bertz CT molecular complexity index is 402. The molecule has 16 heavy (non-hydrogen) atoms. The number of rotatable bonds is 4. The third-order valence-electron chi connectivity index (χ3n) is 1.93. The van der Waals surface area contributed by atoms with Crippen LogP contribution in [0.2, 0.25) is 5.02 Å². The van der Waals surface area contributed by atoms with E-state index in [1.807, 2.05) is 24.3 Å². The number of halogens is 1. The highest BCUT2D eigenvalue weighted by atomic mass is 35.5. The molecule has 0 aliphatic heterocycles. The van der Waals surface area contributed by atoms with Gasteiger partial charge in [-0.2, -0.15) is 0 Å². The van der Waals surface area contributed by atoms with Gasteiger partial charge in [0, 0.05) is 17.7 Å². The number of hydrogen-bond donors (Lipinski definition) is 1. The van der Waals surface area contributed by atoms with Gasteiger partial charge in [0.1, 0.15) is 0 Å². The van der Waals surface area contributed by atoms with Crippen molar-refractivity contribution in [3.8, 4) is 0 Å². The molecule has 0 unspecified atom stereocenters. The first-order valence-electron chi connectivity index (χ1n) is 4.82. The second-order valence-electron chi connectivity index (χ2n) is 3.21. The fourth-order valence-electron chi connectivity index (χ4n) is 1.17. The van der Waals surface area contributed by atoms with E-state index in [2.05, 4.69) is 0 Å². The molecule has 0 radical (unpaired) electrons. The number of thioether (sulfide) groups is 1. The molecule has 2 nitrogen and oxygen atoms in total. The van der Waals surface area contributed by atoms with Gasteiger partial charge in [0.05, 0.1) is 6.61 Å². The molecule has 86 valence electrons. The van der Waals surface area contributed by atoms with Crippen molar-refractivity contribution in [2.24, 2.45) is 0 Å². The van der Waals surface area contributed by atoms with Crippen molar-refractivity contribution in [2.75, 3.05) is 5.75 Å². The smallest absolute Gasteiger partial charge is 0.186 e. The molecule has 0 saturated carbocycles. The van der Waals surface area contributed by atoms with E-state index in [1.165, 1.54) is 11.8 Å². The van der Waals surface area contributed by atoms with Crippen LogP contribution >= 0.6 is 23.4 Å². The van der Waals surface area contributed by atoms with Gasteiger partial charge in [-0.15, -0.1) is 0 Å². The van der Waals surface area contributed by atoms with Gasteiger partial charge in [0.2, 0.25) is 0 Å². The summed E-state index contributed by atoms with van der Waals surface area (Å²) in [5.74, 6) is 0.659. The third kappa shape index (κ3) is 4.39. The number of carbonyl (C=O) groups is 1. The summed E-state index contributed by atoms with van der Waals surface area (Å²) in [5.41, 5.74) is 1.68. The van der Waals surface area contributed by atoms with Crippen LogP contribution in [0.5, 0.6) is 0 Å². The van der Waals surface area contributed by atoms with Gasteiger partial charge in [-0.3, -0.25) is 4.79 Å². The van der Waals surface area contributed by atoms with E-state index in [1.54, 1.807) is 13.0 Å². The fourth-order valence-corrected chi connectivity index (χ4v) is 1.77. The molecule has 1 rings (SSSR count). The van der Waals surface area contributed by atoms with Crippen LogP contribution in [-0.4, -0.2) is 16.0 Å². The Balaban J connectivity index is 2.63. The molecule has 1 N–H and O–H groups in total. The summed E-state index contributed by atoms with van der Waals surface area (Å²) in [7, 11) is 0. The van der Waals surface area contributed by atoms with E-state index in [4.69, 9.17) is 16.7 Å². The molecule has 0 aliphatic rings. The van der Waals surface area contributed by atoms with Gasteiger partial charge in [0.15, 0.2) is 5.12 Å². The molecule has 4 heteroatoms. The first kappa shape index (κ1) is 13.3. The summed E-state index contributed by atoms with van der Waals surface area (Å²) in [4.78, 5) is 10.7. The Kier molecular flexibility index (Phi) is 5.60. The lowest BCUT2D eigenvalue weighted by Crippen LogP contribution is -1.86. The minimum atomic E-state index is -0.0668. The molecule has 1 aromatic carbocycles.